The van der Waals surface area contributed by atoms with Crippen LogP contribution in [0.4, 0.5) is 0 Å². The third kappa shape index (κ3) is 3.62. The third-order valence-corrected chi connectivity index (χ3v) is 5.35. The lowest BCUT2D eigenvalue weighted by atomic mass is 9.99. The zero-order chi connectivity index (χ0) is 19.3. The Bertz CT molecular complexity index is 915. The lowest BCUT2D eigenvalue weighted by Crippen LogP contribution is -2.11. The van der Waals surface area contributed by atoms with E-state index < -0.39 is 0 Å². The van der Waals surface area contributed by atoms with E-state index in [2.05, 4.69) is 34.9 Å². The van der Waals surface area contributed by atoms with E-state index >= 15 is 0 Å². The molecule has 1 atom stereocenters. The molecule has 1 aliphatic heterocycles. The molecular weight excluding hydrogens is 352 g/mol. The van der Waals surface area contributed by atoms with Crippen LogP contribution in [-0.2, 0) is 17.7 Å². The molecule has 1 aliphatic rings. The fourth-order valence-corrected chi connectivity index (χ4v) is 3.96. The van der Waals surface area contributed by atoms with Crippen LogP contribution in [-0.4, -0.2) is 37.0 Å². The SMILES string of the molecule is COc1cccc(CCn2cnc(-c3ccccc3)c2[C@@H]2CCOC2)c1OC. The molecule has 0 unspecified atom stereocenters. The van der Waals surface area contributed by atoms with Gasteiger partial charge in [0, 0.05) is 24.6 Å². The summed E-state index contributed by atoms with van der Waals surface area (Å²) < 4.78 is 19.0. The van der Waals surface area contributed by atoms with Crippen LogP contribution in [0, 0.1) is 0 Å². The van der Waals surface area contributed by atoms with Gasteiger partial charge in [-0.25, -0.2) is 4.98 Å². The zero-order valence-corrected chi connectivity index (χ0v) is 16.4. The van der Waals surface area contributed by atoms with Crippen molar-refractivity contribution < 1.29 is 14.2 Å². The smallest absolute Gasteiger partial charge is 0.163 e. The topological polar surface area (TPSA) is 45.5 Å². The van der Waals surface area contributed by atoms with Crippen LogP contribution < -0.4 is 9.47 Å². The largest absolute Gasteiger partial charge is 0.493 e. The van der Waals surface area contributed by atoms with Crippen LogP contribution in [0.2, 0.25) is 0 Å². The van der Waals surface area contributed by atoms with E-state index in [-0.39, 0.29) is 0 Å². The van der Waals surface area contributed by atoms with E-state index in [0.29, 0.717) is 5.92 Å². The highest BCUT2D eigenvalue weighted by Gasteiger charge is 2.26. The Morgan fingerprint density at radius 3 is 2.64 bits per heavy atom. The van der Waals surface area contributed by atoms with Crippen LogP contribution in [0.5, 0.6) is 11.5 Å². The number of aromatic nitrogens is 2. The Balaban J connectivity index is 1.64. The van der Waals surface area contributed by atoms with Crippen molar-refractivity contribution in [3.63, 3.8) is 0 Å². The number of benzene rings is 2. The molecule has 1 aromatic heterocycles. The van der Waals surface area contributed by atoms with Crippen LogP contribution in [0.15, 0.2) is 54.9 Å². The average Bonchev–Trinajstić information content (AvgIpc) is 3.41. The number of aryl methyl sites for hydroxylation is 2. The van der Waals surface area contributed by atoms with Crippen molar-refractivity contribution in [2.75, 3.05) is 27.4 Å². The molecule has 0 amide bonds. The molecule has 0 spiro atoms. The van der Waals surface area contributed by atoms with Crippen molar-refractivity contribution in [2.45, 2.75) is 25.3 Å². The maximum absolute atomic E-state index is 5.68. The van der Waals surface area contributed by atoms with Gasteiger partial charge in [-0.2, -0.15) is 0 Å². The van der Waals surface area contributed by atoms with Crippen molar-refractivity contribution in [1.82, 2.24) is 9.55 Å². The van der Waals surface area contributed by atoms with Gasteiger partial charge in [0.15, 0.2) is 11.5 Å². The monoisotopic (exact) mass is 378 g/mol. The number of methoxy groups -OCH3 is 2. The van der Waals surface area contributed by atoms with Gasteiger partial charge >= 0.3 is 0 Å². The summed E-state index contributed by atoms with van der Waals surface area (Å²) in [5, 5.41) is 0. The van der Waals surface area contributed by atoms with Crippen LogP contribution in [0.3, 0.4) is 0 Å². The predicted molar refractivity (Wildman–Crippen MR) is 109 cm³/mol. The van der Waals surface area contributed by atoms with E-state index in [0.717, 1.165) is 60.9 Å². The molecule has 1 fully saturated rings. The lowest BCUT2D eigenvalue weighted by Gasteiger charge is -2.16. The minimum atomic E-state index is 0.380. The second-order valence-corrected chi connectivity index (χ2v) is 7.00. The summed E-state index contributed by atoms with van der Waals surface area (Å²) in [5.74, 6) is 1.95. The van der Waals surface area contributed by atoms with Gasteiger partial charge < -0.3 is 18.8 Å². The molecule has 28 heavy (non-hydrogen) atoms. The Hall–Kier alpha value is -2.79. The molecule has 5 heteroatoms. The lowest BCUT2D eigenvalue weighted by molar-refractivity contribution is 0.193. The van der Waals surface area contributed by atoms with Crippen molar-refractivity contribution in [3.8, 4) is 22.8 Å². The van der Waals surface area contributed by atoms with E-state index in [9.17, 15) is 0 Å². The molecular formula is C23H26N2O3. The first kappa shape index (κ1) is 18.6. The van der Waals surface area contributed by atoms with Gasteiger partial charge in [-0.15, -0.1) is 0 Å². The third-order valence-electron chi connectivity index (χ3n) is 5.35. The Morgan fingerprint density at radius 1 is 1.07 bits per heavy atom. The highest BCUT2D eigenvalue weighted by Crippen LogP contribution is 2.35. The molecule has 1 saturated heterocycles. The highest BCUT2D eigenvalue weighted by molar-refractivity contribution is 5.62. The summed E-state index contributed by atoms with van der Waals surface area (Å²) in [6.07, 6.45) is 3.84. The van der Waals surface area contributed by atoms with Crippen molar-refractivity contribution in [1.29, 1.82) is 0 Å². The second-order valence-electron chi connectivity index (χ2n) is 7.00. The number of hydrogen-bond acceptors (Lipinski definition) is 4. The summed E-state index contributed by atoms with van der Waals surface area (Å²) in [6.45, 7) is 2.40. The maximum Gasteiger partial charge on any atom is 0.163 e. The van der Waals surface area contributed by atoms with E-state index in [1.807, 2.05) is 24.5 Å². The van der Waals surface area contributed by atoms with E-state index in [1.165, 1.54) is 5.69 Å². The summed E-state index contributed by atoms with van der Waals surface area (Å²) in [7, 11) is 3.36. The number of imidazole rings is 1. The Kier molecular flexibility index (Phi) is 5.63. The summed E-state index contributed by atoms with van der Waals surface area (Å²) in [4.78, 5) is 4.77. The fourth-order valence-electron chi connectivity index (χ4n) is 3.96. The van der Waals surface area contributed by atoms with Gasteiger partial charge in [0.2, 0.25) is 0 Å². The first-order chi connectivity index (χ1) is 13.8. The van der Waals surface area contributed by atoms with Gasteiger partial charge in [0.25, 0.3) is 0 Å². The van der Waals surface area contributed by atoms with Gasteiger partial charge in [-0.3, -0.25) is 0 Å². The Morgan fingerprint density at radius 2 is 1.93 bits per heavy atom. The minimum absolute atomic E-state index is 0.380. The van der Waals surface area contributed by atoms with E-state index in [4.69, 9.17) is 19.2 Å². The molecule has 0 saturated carbocycles. The van der Waals surface area contributed by atoms with Crippen LogP contribution >= 0.6 is 0 Å². The number of ether oxygens (including phenoxy) is 3. The molecule has 2 aromatic carbocycles. The van der Waals surface area contributed by atoms with Crippen molar-refractivity contribution in [3.05, 3.63) is 66.1 Å². The number of hydrogen-bond donors (Lipinski definition) is 0. The molecule has 2 heterocycles. The molecule has 0 N–H and O–H groups in total. The van der Waals surface area contributed by atoms with Gasteiger partial charge in [-0.05, 0) is 24.5 Å². The summed E-state index contributed by atoms with van der Waals surface area (Å²) in [5.41, 5.74) is 4.62. The van der Waals surface area contributed by atoms with Gasteiger partial charge in [0.05, 0.1) is 38.5 Å². The summed E-state index contributed by atoms with van der Waals surface area (Å²) in [6, 6.07) is 16.4. The highest BCUT2D eigenvalue weighted by atomic mass is 16.5. The van der Waals surface area contributed by atoms with Gasteiger partial charge in [0.1, 0.15) is 0 Å². The first-order valence-electron chi connectivity index (χ1n) is 9.70. The quantitative estimate of drug-likeness (QED) is 0.614. The van der Waals surface area contributed by atoms with E-state index in [1.54, 1.807) is 14.2 Å². The fraction of sp³-hybridized carbons (Fsp3) is 0.348. The summed E-state index contributed by atoms with van der Waals surface area (Å²) >= 11 is 0. The minimum Gasteiger partial charge on any atom is -0.493 e. The molecule has 3 aromatic rings. The van der Waals surface area contributed by atoms with Crippen LogP contribution in [0.25, 0.3) is 11.3 Å². The number of nitrogens with zero attached hydrogens (tertiary/aromatic N) is 2. The molecule has 0 radical (unpaired) electrons. The first-order valence-corrected chi connectivity index (χ1v) is 9.70. The predicted octanol–water partition coefficient (Wildman–Crippen LogP) is 4.31. The number of rotatable bonds is 7. The van der Waals surface area contributed by atoms with Crippen molar-refractivity contribution >= 4 is 0 Å². The standard InChI is InChI=1S/C23H26N2O3/c1-26-20-10-6-9-18(23(20)27-2)11-13-25-16-24-21(17-7-4-3-5-8-17)22(25)19-12-14-28-15-19/h3-10,16,19H,11-15H2,1-2H3/t19-/m1/s1. The van der Waals surface area contributed by atoms with Crippen molar-refractivity contribution in [2.24, 2.45) is 0 Å². The van der Waals surface area contributed by atoms with Gasteiger partial charge in [-0.1, -0.05) is 42.5 Å². The number of para-hydroxylation sites is 1. The Labute approximate surface area is 165 Å². The molecule has 4 rings (SSSR count). The van der Waals surface area contributed by atoms with Crippen LogP contribution in [0.1, 0.15) is 23.6 Å². The molecule has 0 aliphatic carbocycles. The zero-order valence-electron chi connectivity index (χ0n) is 16.4. The average molecular weight is 378 g/mol. The molecule has 5 nitrogen and oxygen atoms in total. The second kappa shape index (κ2) is 8.48. The normalized spacial score (nSPS) is 16.3. The maximum atomic E-state index is 5.68. The molecule has 146 valence electrons. The molecule has 0 bridgehead atoms.